The highest BCUT2D eigenvalue weighted by molar-refractivity contribution is 6.04. The fraction of sp³-hybridized carbons (Fsp3) is 0.400. The average molecular weight is 413 g/mol. The number of pyridine rings is 1. The molecule has 0 spiro atoms. The summed E-state index contributed by atoms with van der Waals surface area (Å²) in [6, 6.07) is 2.53. The lowest BCUT2D eigenvalue weighted by atomic mass is 9.98. The number of carbonyl (C=O) groups excluding carboxylic acids is 1. The maximum atomic E-state index is 14.5. The van der Waals surface area contributed by atoms with Crippen molar-refractivity contribution >= 4 is 23.2 Å². The first-order valence-corrected chi connectivity index (χ1v) is 9.91. The Morgan fingerprint density at radius 3 is 3.03 bits per heavy atom. The number of nitrogens with two attached hydrogens (primary N) is 1. The molecule has 156 valence electrons. The highest BCUT2D eigenvalue weighted by Crippen LogP contribution is 2.38. The van der Waals surface area contributed by atoms with E-state index in [-0.39, 0.29) is 36.3 Å². The molecule has 3 N–H and O–H groups in total. The number of hydrogen-bond acceptors (Lipinski definition) is 6. The van der Waals surface area contributed by atoms with Crippen LogP contribution in [0.5, 0.6) is 0 Å². The molecule has 1 saturated heterocycles. The predicted octanol–water partition coefficient (Wildman–Crippen LogP) is 2.20. The van der Waals surface area contributed by atoms with E-state index in [9.17, 15) is 13.6 Å². The van der Waals surface area contributed by atoms with Crippen molar-refractivity contribution in [3.05, 3.63) is 47.2 Å². The molecule has 2 bridgehead atoms. The molecule has 3 aromatic heterocycles. The van der Waals surface area contributed by atoms with Gasteiger partial charge in [0.15, 0.2) is 11.5 Å². The molecular weight excluding hydrogens is 392 g/mol. The number of carbonyl (C=O) groups is 1. The fourth-order valence-corrected chi connectivity index (χ4v) is 4.35. The summed E-state index contributed by atoms with van der Waals surface area (Å²) in [5.74, 6) is -0.278. The SMILES string of the molecule is C[C@H]1CCc2ncc(F)cc2[C@@H]2C[C@@H](F)CN2c2ccn3nc(N)c(c3n2)C(=O)N1. The van der Waals surface area contributed by atoms with Crippen LogP contribution in [0.15, 0.2) is 24.5 Å². The second kappa shape index (κ2) is 6.89. The van der Waals surface area contributed by atoms with Gasteiger partial charge in [-0.1, -0.05) is 0 Å². The number of halogens is 2. The molecule has 1 amide bonds. The molecule has 30 heavy (non-hydrogen) atoms. The number of hydrogen-bond donors (Lipinski definition) is 2. The number of nitrogens with zero attached hydrogens (tertiary/aromatic N) is 5. The second-order valence-corrected chi connectivity index (χ2v) is 7.92. The van der Waals surface area contributed by atoms with Gasteiger partial charge < -0.3 is 16.0 Å². The van der Waals surface area contributed by atoms with Gasteiger partial charge in [0.1, 0.15) is 23.4 Å². The van der Waals surface area contributed by atoms with Gasteiger partial charge in [-0.25, -0.2) is 18.3 Å². The Balaban J connectivity index is 1.72. The minimum absolute atomic E-state index is 0.0765. The molecule has 1 fully saturated rings. The van der Waals surface area contributed by atoms with E-state index in [1.54, 1.807) is 17.2 Å². The molecule has 0 aliphatic carbocycles. The first-order chi connectivity index (χ1) is 14.4. The Bertz CT molecular complexity index is 1150. The number of aromatic nitrogens is 4. The Kier molecular flexibility index (Phi) is 4.30. The van der Waals surface area contributed by atoms with E-state index in [1.165, 1.54) is 16.8 Å². The van der Waals surface area contributed by atoms with Crippen molar-refractivity contribution in [2.45, 2.75) is 44.4 Å². The smallest absolute Gasteiger partial charge is 0.259 e. The van der Waals surface area contributed by atoms with Gasteiger partial charge in [0.25, 0.3) is 5.91 Å². The summed E-state index contributed by atoms with van der Waals surface area (Å²) in [6.45, 7) is 1.99. The third-order valence-electron chi connectivity index (χ3n) is 5.79. The van der Waals surface area contributed by atoms with Gasteiger partial charge in [-0.15, -0.1) is 5.10 Å². The van der Waals surface area contributed by atoms with Crippen molar-refractivity contribution in [2.24, 2.45) is 0 Å². The molecule has 2 aliphatic heterocycles. The van der Waals surface area contributed by atoms with E-state index >= 15 is 0 Å². The van der Waals surface area contributed by atoms with Crippen molar-refractivity contribution in [1.82, 2.24) is 24.9 Å². The molecule has 5 heterocycles. The molecule has 0 aromatic carbocycles. The zero-order valence-corrected chi connectivity index (χ0v) is 16.3. The van der Waals surface area contributed by atoms with Crippen LogP contribution in [0.1, 0.15) is 47.4 Å². The fourth-order valence-electron chi connectivity index (χ4n) is 4.35. The first kappa shape index (κ1) is 18.7. The van der Waals surface area contributed by atoms with Crippen molar-refractivity contribution in [1.29, 1.82) is 0 Å². The number of alkyl halides is 1. The molecule has 8 nitrogen and oxygen atoms in total. The summed E-state index contributed by atoms with van der Waals surface area (Å²) in [6.07, 6.45) is 3.04. The summed E-state index contributed by atoms with van der Waals surface area (Å²) >= 11 is 0. The molecular formula is C20H21F2N7O. The van der Waals surface area contributed by atoms with Gasteiger partial charge in [0, 0.05) is 24.4 Å². The maximum Gasteiger partial charge on any atom is 0.259 e. The van der Waals surface area contributed by atoms with Crippen LogP contribution in [0.4, 0.5) is 20.4 Å². The number of nitrogens with one attached hydrogen (secondary N) is 1. The Morgan fingerprint density at radius 2 is 2.20 bits per heavy atom. The van der Waals surface area contributed by atoms with Gasteiger partial charge in [0.2, 0.25) is 0 Å². The summed E-state index contributed by atoms with van der Waals surface area (Å²) < 4.78 is 30.1. The number of amides is 1. The highest BCUT2D eigenvalue weighted by Gasteiger charge is 2.36. The third kappa shape index (κ3) is 3.03. The van der Waals surface area contributed by atoms with Crippen molar-refractivity contribution in [2.75, 3.05) is 17.2 Å². The van der Waals surface area contributed by atoms with Crippen LogP contribution in [0.3, 0.4) is 0 Å². The number of fused-ring (bicyclic) bond motifs is 5. The van der Waals surface area contributed by atoms with Crippen molar-refractivity contribution in [3.8, 4) is 0 Å². The highest BCUT2D eigenvalue weighted by atomic mass is 19.1. The normalized spacial score (nSPS) is 24.0. The first-order valence-electron chi connectivity index (χ1n) is 9.91. The summed E-state index contributed by atoms with van der Waals surface area (Å²) in [4.78, 5) is 23.6. The van der Waals surface area contributed by atoms with Crippen molar-refractivity contribution in [3.63, 3.8) is 0 Å². The molecule has 2 aliphatic rings. The zero-order chi connectivity index (χ0) is 21.0. The average Bonchev–Trinajstić information content (AvgIpc) is 3.24. The lowest BCUT2D eigenvalue weighted by molar-refractivity contribution is 0.0940. The van der Waals surface area contributed by atoms with Crippen LogP contribution >= 0.6 is 0 Å². The topological polar surface area (TPSA) is 101 Å². The van der Waals surface area contributed by atoms with Gasteiger partial charge in [-0.05, 0) is 37.5 Å². The van der Waals surface area contributed by atoms with Crippen LogP contribution in [-0.2, 0) is 6.42 Å². The molecule has 10 heteroatoms. The lowest BCUT2D eigenvalue weighted by Crippen LogP contribution is -2.33. The molecule has 5 rings (SSSR count). The monoisotopic (exact) mass is 413 g/mol. The number of nitrogen functional groups attached to an aromatic ring is 1. The van der Waals surface area contributed by atoms with Gasteiger partial charge in [-0.2, -0.15) is 0 Å². The van der Waals surface area contributed by atoms with E-state index in [0.717, 1.165) is 0 Å². The van der Waals surface area contributed by atoms with Crippen molar-refractivity contribution < 1.29 is 13.6 Å². The minimum Gasteiger partial charge on any atom is -0.381 e. The van der Waals surface area contributed by atoms with E-state index < -0.39 is 18.0 Å². The molecule has 0 radical (unpaired) electrons. The minimum atomic E-state index is -1.09. The zero-order valence-electron chi connectivity index (χ0n) is 16.3. The summed E-state index contributed by atoms with van der Waals surface area (Å²) in [7, 11) is 0. The Labute approximate surface area is 171 Å². The number of rotatable bonds is 0. The Morgan fingerprint density at radius 1 is 1.37 bits per heavy atom. The summed E-state index contributed by atoms with van der Waals surface area (Å²) in [5.41, 5.74) is 7.84. The van der Waals surface area contributed by atoms with E-state index in [2.05, 4.69) is 20.4 Å². The third-order valence-corrected chi connectivity index (χ3v) is 5.79. The van der Waals surface area contributed by atoms with Crippen LogP contribution in [-0.4, -0.2) is 44.2 Å². The predicted molar refractivity (Wildman–Crippen MR) is 106 cm³/mol. The van der Waals surface area contributed by atoms with Gasteiger partial charge in [-0.3, -0.25) is 9.78 Å². The molecule has 3 aromatic rings. The van der Waals surface area contributed by atoms with Crippen LogP contribution in [0, 0.1) is 5.82 Å². The molecule has 0 unspecified atom stereocenters. The Hall–Kier alpha value is -3.30. The van der Waals surface area contributed by atoms with Crippen LogP contribution in [0.2, 0.25) is 0 Å². The van der Waals surface area contributed by atoms with E-state index in [4.69, 9.17) is 5.73 Å². The summed E-state index contributed by atoms with van der Waals surface area (Å²) in [5, 5.41) is 7.10. The van der Waals surface area contributed by atoms with Crippen LogP contribution < -0.4 is 16.0 Å². The second-order valence-electron chi connectivity index (χ2n) is 7.92. The quantitative estimate of drug-likeness (QED) is 0.586. The van der Waals surface area contributed by atoms with Gasteiger partial charge in [0.05, 0.1) is 18.8 Å². The van der Waals surface area contributed by atoms with Gasteiger partial charge >= 0.3 is 0 Å². The molecule has 3 atom stereocenters. The number of anilines is 2. The van der Waals surface area contributed by atoms with E-state index in [1.807, 2.05) is 6.92 Å². The number of aryl methyl sites for hydroxylation is 1. The molecule has 0 saturated carbocycles. The van der Waals surface area contributed by atoms with Crippen LogP contribution in [0.25, 0.3) is 5.65 Å². The van der Waals surface area contributed by atoms with E-state index in [0.29, 0.717) is 35.6 Å². The largest absolute Gasteiger partial charge is 0.381 e. The standard InChI is InChI=1S/C20H21F2N7O/c1-10-2-3-14-13(6-11(21)8-24-14)15-7-12(22)9-28(15)16-4-5-29-19(26-16)17(18(23)27-29)20(30)25-10/h4-6,8,10,12,15H,2-3,7,9H2,1H3,(H2,23,27)(H,25,30)/t10-,12+,15-/m0/s1. The lowest BCUT2D eigenvalue weighted by Gasteiger charge is -2.27. The maximum absolute atomic E-state index is 14.5.